The van der Waals surface area contributed by atoms with Crippen LogP contribution in [0.3, 0.4) is 0 Å². The van der Waals surface area contributed by atoms with Crippen LogP contribution in [0.5, 0.6) is 0 Å². The van der Waals surface area contributed by atoms with Crippen molar-refractivity contribution in [2.45, 2.75) is 6.92 Å². The van der Waals surface area contributed by atoms with E-state index in [1.54, 1.807) is 21.6 Å². The van der Waals surface area contributed by atoms with Crippen LogP contribution < -0.4 is 15.3 Å². The molecule has 0 unspecified atom stereocenters. The maximum absolute atomic E-state index is 12.9. The van der Waals surface area contributed by atoms with E-state index in [0.717, 1.165) is 4.90 Å². The second-order valence-electron chi connectivity index (χ2n) is 8.63. The van der Waals surface area contributed by atoms with E-state index in [9.17, 15) is 44.4 Å². The number of carbonyl (C=O) groups excluding carboxylic acids is 4. The van der Waals surface area contributed by atoms with Crippen LogP contribution in [-0.4, -0.2) is 164 Å². The zero-order chi connectivity index (χ0) is 27.8. The van der Waals surface area contributed by atoms with Gasteiger partial charge in [0.05, 0.1) is 31.1 Å². The lowest BCUT2D eigenvalue weighted by Crippen LogP contribution is -2.52. The number of amides is 1. The number of carboxylic acids is 4. The van der Waals surface area contributed by atoms with Crippen molar-refractivity contribution in [2.75, 3.05) is 105 Å². The molecule has 0 aromatic heterocycles. The Labute approximate surface area is 215 Å². The quantitative estimate of drug-likeness (QED) is 0.208. The lowest BCUT2D eigenvalue weighted by Gasteiger charge is -2.35. The first-order chi connectivity index (χ1) is 17.5. The van der Waals surface area contributed by atoms with Gasteiger partial charge in [0.15, 0.2) is 0 Å². The van der Waals surface area contributed by atoms with E-state index in [1.807, 2.05) is 0 Å². The molecule has 212 valence electrons. The van der Waals surface area contributed by atoms with Crippen molar-refractivity contribution in [1.82, 2.24) is 24.5 Å². The summed E-state index contributed by atoms with van der Waals surface area (Å²) in [5.74, 6) is -5.59. The summed E-state index contributed by atoms with van der Waals surface area (Å²) in [5, 5.41) is 42.8. The fraction of sp³-hybridized carbons (Fsp3) is 0.773. The molecule has 1 saturated heterocycles. The van der Waals surface area contributed by atoms with Crippen molar-refractivity contribution in [3.63, 3.8) is 0 Å². The molecule has 37 heavy (non-hydrogen) atoms. The van der Waals surface area contributed by atoms with Gasteiger partial charge in [0.1, 0.15) is 6.54 Å². The number of hydrogen-bond acceptors (Lipinski definition) is 13. The summed E-state index contributed by atoms with van der Waals surface area (Å²) in [7, 11) is 0. The maximum Gasteiger partial charge on any atom is 0.323 e. The zero-order valence-corrected chi connectivity index (χ0v) is 21.2. The van der Waals surface area contributed by atoms with Crippen LogP contribution in [0, 0.1) is 0 Å². The molecule has 0 bridgehead atoms. The predicted molar refractivity (Wildman–Crippen MR) is 121 cm³/mol. The molecule has 1 fully saturated rings. The number of ether oxygens (including phenoxy) is 1. The molecule has 15 heteroatoms. The largest absolute Gasteiger partial charge is 0.549 e. The maximum atomic E-state index is 12.9. The van der Waals surface area contributed by atoms with Crippen molar-refractivity contribution in [2.24, 2.45) is 0 Å². The van der Waals surface area contributed by atoms with Gasteiger partial charge in [-0.1, -0.05) is 0 Å². The van der Waals surface area contributed by atoms with Gasteiger partial charge in [-0.05, 0) is 6.92 Å². The zero-order valence-electron chi connectivity index (χ0n) is 21.2. The molecular weight excluding hydrogens is 494 g/mol. The molecule has 1 aliphatic rings. The monoisotopic (exact) mass is 530 g/mol. The van der Waals surface area contributed by atoms with Crippen molar-refractivity contribution in [1.29, 1.82) is 0 Å². The molecule has 1 heterocycles. The number of carboxylic acid groups (broad SMARTS) is 4. The summed E-state index contributed by atoms with van der Waals surface area (Å²) >= 11 is 0. The van der Waals surface area contributed by atoms with Gasteiger partial charge in [-0.3, -0.25) is 29.2 Å². The van der Waals surface area contributed by atoms with Crippen molar-refractivity contribution in [3.05, 3.63) is 0 Å². The third kappa shape index (κ3) is 15.1. The minimum Gasteiger partial charge on any atom is -0.549 e. The van der Waals surface area contributed by atoms with Crippen molar-refractivity contribution in [3.8, 4) is 0 Å². The van der Waals surface area contributed by atoms with Gasteiger partial charge in [0, 0.05) is 85.1 Å². The standard InChI is InChI=1S/C22H39N5O10/c1-2-37-12-11-27(17-22(35)36)18(28)13-23-3-5-24(14-19(29)30)7-9-26(16-21(33)34)10-8-25(6-4-23)15-20(31)32/h2-17H2,1H3,(H,29,30)(H,31,32)(H,33,34)(H,35,36)/p-3. The number of aliphatic carboxylic acids is 4. The Morgan fingerprint density at radius 2 is 1.05 bits per heavy atom. The highest BCUT2D eigenvalue weighted by Crippen LogP contribution is 2.03. The highest BCUT2D eigenvalue weighted by Gasteiger charge is 2.22. The smallest absolute Gasteiger partial charge is 0.323 e. The molecule has 1 rings (SSSR count). The summed E-state index contributed by atoms with van der Waals surface area (Å²) in [6.07, 6.45) is 0. The van der Waals surface area contributed by atoms with Crippen LogP contribution in [0.25, 0.3) is 0 Å². The molecule has 0 aliphatic carbocycles. The van der Waals surface area contributed by atoms with Gasteiger partial charge in [-0.25, -0.2) is 0 Å². The van der Waals surface area contributed by atoms with E-state index in [2.05, 4.69) is 0 Å². The highest BCUT2D eigenvalue weighted by molar-refractivity contribution is 5.82. The third-order valence-corrected chi connectivity index (χ3v) is 5.74. The molecule has 15 nitrogen and oxygen atoms in total. The Hall–Kier alpha value is -2.85. The highest BCUT2D eigenvalue weighted by atomic mass is 16.5. The minimum atomic E-state index is -1.31. The molecule has 0 aromatic rings. The first-order valence-electron chi connectivity index (χ1n) is 12.1. The van der Waals surface area contributed by atoms with Crippen molar-refractivity contribution >= 4 is 29.8 Å². The summed E-state index contributed by atoms with van der Waals surface area (Å²) in [5.41, 5.74) is 0. The van der Waals surface area contributed by atoms with E-state index < -0.39 is 56.0 Å². The first-order valence-corrected chi connectivity index (χ1v) is 12.1. The van der Waals surface area contributed by atoms with Gasteiger partial charge in [-0.2, -0.15) is 0 Å². The predicted octanol–water partition coefficient (Wildman–Crippen LogP) is -6.59. The topological polar surface area (TPSA) is 200 Å². The van der Waals surface area contributed by atoms with Crippen LogP contribution in [0.15, 0.2) is 0 Å². The van der Waals surface area contributed by atoms with Gasteiger partial charge in [-0.15, -0.1) is 0 Å². The average molecular weight is 531 g/mol. The molecule has 1 N–H and O–H groups in total. The van der Waals surface area contributed by atoms with E-state index >= 15 is 0 Å². The van der Waals surface area contributed by atoms with E-state index in [4.69, 9.17) is 4.74 Å². The molecular formula is C22H36N5O10-3. The molecule has 1 aliphatic heterocycles. The Morgan fingerprint density at radius 3 is 1.35 bits per heavy atom. The number of nitrogens with zero attached hydrogens (tertiary/aromatic N) is 5. The normalized spacial score (nSPS) is 17.4. The van der Waals surface area contributed by atoms with Gasteiger partial charge in [0.2, 0.25) is 5.91 Å². The summed E-state index contributed by atoms with van der Waals surface area (Å²) in [6.45, 7) is 2.07. The fourth-order valence-electron chi connectivity index (χ4n) is 3.82. The Bertz CT molecular complexity index is 736. The third-order valence-electron chi connectivity index (χ3n) is 5.74. The van der Waals surface area contributed by atoms with Crippen LogP contribution in [0.2, 0.25) is 0 Å². The average Bonchev–Trinajstić information content (AvgIpc) is 2.78. The van der Waals surface area contributed by atoms with Crippen LogP contribution in [0.4, 0.5) is 0 Å². The van der Waals surface area contributed by atoms with E-state index in [1.165, 1.54) is 4.90 Å². The molecule has 1 amide bonds. The fourth-order valence-corrected chi connectivity index (χ4v) is 3.82. The van der Waals surface area contributed by atoms with E-state index in [0.29, 0.717) is 6.61 Å². The molecule has 0 aromatic carbocycles. The first kappa shape index (κ1) is 32.2. The van der Waals surface area contributed by atoms with Gasteiger partial charge < -0.3 is 44.4 Å². The molecule has 0 atom stereocenters. The molecule has 0 saturated carbocycles. The number of hydrogen-bond donors (Lipinski definition) is 1. The Morgan fingerprint density at radius 1 is 0.703 bits per heavy atom. The van der Waals surface area contributed by atoms with E-state index in [-0.39, 0.29) is 72.1 Å². The van der Waals surface area contributed by atoms with Crippen LogP contribution in [0.1, 0.15) is 6.92 Å². The summed E-state index contributed by atoms with van der Waals surface area (Å²) in [6, 6.07) is 0. The Kier molecular flexibility index (Phi) is 15.3. The molecule has 0 spiro atoms. The van der Waals surface area contributed by atoms with Crippen LogP contribution >= 0.6 is 0 Å². The van der Waals surface area contributed by atoms with Gasteiger partial charge in [0.25, 0.3) is 0 Å². The van der Waals surface area contributed by atoms with Crippen molar-refractivity contribution < 1.29 is 49.1 Å². The summed E-state index contributed by atoms with van der Waals surface area (Å²) < 4.78 is 5.23. The van der Waals surface area contributed by atoms with Crippen LogP contribution in [-0.2, 0) is 28.7 Å². The second kappa shape index (κ2) is 17.6. The minimum absolute atomic E-state index is 0.0781. The molecule has 0 radical (unpaired) electrons. The Balaban J connectivity index is 3.04. The number of rotatable bonds is 14. The lowest BCUT2D eigenvalue weighted by atomic mass is 10.3. The second-order valence-corrected chi connectivity index (χ2v) is 8.63. The SMILES string of the molecule is CCOCCN(CC(=O)O)C(=O)CN1CCN(CC(=O)[O-])CCN(CC(=O)[O-])CCN(CC(=O)[O-])CC1. The van der Waals surface area contributed by atoms with Gasteiger partial charge >= 0.3 is 5.97 Å². The summed E-state index contributed by atoms with van der Waals surface area (Å²) in [4.78, 5) is 65.3. The lowest BCUT2D eigenvalue weighted by molar-refractivity contribution is -0.308. The number of carbonyl (C=O) groups is 5.